The van der Waals surface area contributed by atoms with E-state index in [0.717, 1.165) is 167 Å². The van der Waals surface area contributed by atoms with Crippen LogP contribution in [0.25, 0.3) is 0 Å². The average Bonchev–Trinajstić information content (AvgIpc) is 0.914. The number of phosphoric ester groups is 2. The number of esters is 2. The normalized spacial score (nSPS) is 14.5. The Bertz CT molecular complexity index is 2250. The van der Waals surface area contributed by atoms with Gasteiger partial charge in [-0.05, 0) is 116 Å². The summed E-state index contributed by atoms with van der Waals surface area (Å²) in [5.74, 6) is -2.44. The fourth-order valence-electron chi connectivity index (χ4n) is 12.8. The fraction of sp³-hybridized carbons (Fsp3) is 0.884. The zero-order valence-electron chi connectivity index (χ0n) is 71.2. The van der Waals surface area contributed by atoms with Crippen molar-refractivity contribution in [3.8, 4) is 0 Å². The van der Waals surface area contributed by atoms with Crippen molar-refractivity contribution in [2.24, 2.45) is 0 Å². The number of hydrogen-bond donors (Lipinski definition) is 8. The summed E-state index contributed by atoms with van der Waals surface area (Å²) >= 11 is 0. The number of hydrogen-bond acceptors (Lipinski definition) is 18. The lowest BCUT2D eigenvalue weighted by molar-refractivity contribution is -0.152. The summed E-state index contributed by atoms with van der Waals surface area (Å²) in [6.07, 6.45) is 52.3. The minimum absolute atomic E-state index is 0.0285. The van der Waals surface area contributed by atoms with E-state index in [4.69, 9.17) is 37.0 Å². The highest BCUT2D eigenvalue weighted by molar-refractivity contribution is 7.47. The number of nitrogens with one attached hydrogen (secondary N) is 4. The fourth-order valence-corrected chi connectivity index (χ4v) is 14.3. The van der Waals surface area contributed by atoms with Gasteiger partial charge in [-0.3, -0.25) is 46.9 Å². The molecule has 112 heavy (non-hydrogen) atoms. The first-order valence-electron chi connectivity index (χ1n) is 44.8. The molecule has 0 aliphatic carbocycles. The number of phosphoric acid groups is 2. The molecule has 4 amide bonds. The molecule has 0 radical (unpaired) electrons. The largest absolute Gasteiger partial charge is 0.472 e. The van der Waals surface area contributed by atoms with Crippen LogP contribution in [0.15, 0.2) is 24.3 Å². The third-order valence-corrected chi connectivity index (χ3v) is 21.6. The number of aliphatic hydroxyl groups excluding tert-OH is 2. The zero-order chi connectivity index (χ0) is 82.5. The van der Waals surface area contributed by atoms with Crippen LogP contribution in [0.2, 0.25) is 0 Å². The van der Waals surface area contributed by atoms with Crippen molar-refractivity contribution in [3.63, 3.8) is 0 Å². The van der Waals surface area contributed by atoms with Crippen LogP contribution in [0, 0.1) is 0 Å². The van der Waals surface area contributed by atoms with E-state index in [1.165, 1.54) is 77.0 Å². The van der Waals surface area contributed by atoms with Crippen molar-refractivity contribution < 1.29 is 94.9 Å². The van der Waals surface area contributed by atoms with Crippen LogP contribution in [0.5, 0.6) is 0 Å². The van der Waals surface area contributed by atoms with Gasteiger partial charge >= 0.3 is 27.6 Å². The number of carbonyl (C=O) groups excluding carboxylic acids is 6. The lowest BCUT2D eigenvalue weighted by Crippen LogP contribution is -2.43. The molecule has 8 unspecified atom stereocenters. The maximum Gasteiger partial charge on any atom is 0.472 e. The SMILES string of the molecule is CCCCC/C=C\CCCC(=O)OC(CCCCCCCCCCC)CC(=O)NC(COCCC(O)CCCCCCC)COP(=O)(O)OCCNC(=O)CCCCC(=O)NCCOP(=O)(O)OCC(COCCC(O)CCCCCCC)NC(=O)CC(CCCCCCCCCCC)OC(=O)CCC/C=C\CCCCC. The first kappa shape index (κ1) is 108. The van der Waals surface area contributed by atoms with Crippen LogP contribution in [-0.2, 0) is 74.9 Å². The number of amides is 4. The number of unbranched alkanes of at least 4 members (excludes halogenated alkanes) is 33. The predicted octanol–water partition coefficient (Wildman–Crippen LogP) is 19.3. The van der Waals surface area contributed by atoms with Gasteiger partial charge in [0, 0.05) is 52.0 Å². The van der Waals surface area contributed by atoms with Gasteiger partial charge in [0.05, 0.1) is 76.8 Å². The van der Waals surface area contributed by atoms with Crippen molar-refractivity contribution >= 4 is 51.2 Å². The summed E-state index contributed by atoms with van der Waals surface area (Å²) < 4.78 is 71.1. The highest BCUT2D eigenvalue weighted by Gasteiger charge is 2.29. The van der Waals surface area contributed by atoms with Gasteiger partial charge in [-0.25, -0.2) is 9.13 Å². The molecule has 0 bridgehead atoms. The van der Waals surface area contributed by atoms with Crippen LogP contribution in [0.3, 0.4) is 0 Å². The molecule has 0 aromatic heterocycles. The number of rotatable bonds is 85. The molecular weight excluding hydrogens is 1470 g/mol. The standard InChI is InChI=1S/C86H164N4O20P2/c1-7-13-19-25-29-33-35-41-47-55-79(109-85(97)59-49-43-37-31-27-21-15-9-3)69-83(95)89-75(71-103-65-61-77(91)53-45-39-23-17-11-5)73-107-111(99,100)105-67-63-87-81(93)57-51-52-58-82(94)88-64-68-106-112(101,102)108-74-76(72-104-66-62-78(92)54-46-40-24-18-12-6)90-84(96)70-80(56-48-42-36-34-30-26-20-14-8-2)110-86(98)60-50-44-38-32-28-22-16-10-4/h31-32,37-38,75-80,91-92H,7-30,33-36,39-74H2,1-6H3,(H,87,93)(H,88,94)(H,89,95)(H,90,96)(H,99,100)(H,101,102)/b37-31-,38-32-. The van der Waals surface area contributed by atoms with E-state index in [0.29, 0.717) is 64.2 Å². The Morgan fingerprint density at radius 3 is 0.946 bits per heavy atom. The molecule has 8 N–H and O–H groups in total. The molecular formula is C86H164N4O20P2. The summed E-state index contributed by atoms with van der Waals surface area (Å²) in [6.45, 7) is 11.1. The number of ether oxygens (including phenoxy) is 4. The lowest BCUT2D eigenvalue weighted by Gasteiger charge is -2.23. The average molecular weight is 1640 g/mol. The molecule has 0 heterocycles. The second kappa shape index (κ2) is 78.5. The zero-order valence-corrected chi connectivity index (χ0v) is 73.0. The predicted molar refractivity (Wildman–Crippen MR) is 448 cm³/mol. The Morgan fingerprint density at radius 1 is 0.321 bits per heavy atom. The Hall–Kier alpha value is -3.64. The maximum absolute atomic E-state index is 13.8. The Labute approximate surface area is 679 Å². The summed E-state index contributed by atoms with van der Waals surface area (Å²) in [5, 5.41) is 32.2. The topological polar surface area (TPSA) is 339 Å². The van der Waals surface area contributed by atoms with Crippen molar-refractivity contribution in [1.29, 1.82) is 0 Å². The molecule has 658 valence electrons. The highest BCUT2D eigenvalue weighted by Crippen LogP contribution is 2.44. The monoisotopic (exact) mass is 1640 g/mol. The number of allylic oxidation sites excluding steroid dienone is 4. The first-order chi connectivity index (χ1) is 54.2. The van der Waals surface area contributed by atoms with Gasteiger partial charge in [0.25, 0.3) is 0 Å². The molecule has 0 aromatic rings. The molecule has 0 rings (SSSR count). The molecule has 0 aliphatic heterocycles. The molecule has 24 nitrogen and oxygen atoms in total. The number of carbonyl (C=O) groups is 6. The molecule has 0 aromatic carbocycles. The molecule has 26 heteroatoms. The summed E-state index contributed by atoms with van der Waals surface area (Å²) in [7, 11) is -9.47. The second-order valence-corrected chi connectivity index (χ2v) is 33.6. The third kappa shape index (κ3) is 75.1. The van der Waals surface area contributed by atoms with Crippen molar-refractivity contribution in [1.82, 2.24) is 21.3 Å². The Balaban J connectivity index is 5.56. The minimum atomic E-state index is -4.73. The van der Waals surface area contributed by atoms with Crippen LogP contribution in [-0.4, -0.2) is 158 Å². The lowest BCUT2D eigenvalue weighted by atomic mass is 10.0. The molecule has 0 saturated carbocycles. The quantitative estimate of drug-likeness (QED) is 0.0121. The smallest absolute Gasteiger partial charge is 0.462 e. The van der Waals surface area contributed by atoms with Gasteiger partial charge in [0.15, 0.2) is 0 Å². The van der Waals surface area contributed by atoms with E-state index in [9.17, 15) is 57.9 Å². The van der Waals surface area contributed by atoms with E-state index in [-0.39, 0.29) is 90.0 Å². The van der Waals surface area contributed by atoms with E-state index >= 15 is 0 Å². The van der Waals surface area contributed by atoms with Gasteiger partial charge < -0.3 is 60.2 Å². The van der Waals surface area contributed by atoms with Crippen molar-refractivity contribution in [2.75, 3.05) is 65.9 Å². The van der Waals surface area contributed by atoms with Gasteiger partial charge in [0.2, 0.25) is 23.6 Å². The second-order valence-electron chi connectivity index (χ2n) is 30.7. The molecule has 8 atom stereocenters. The molecule has 0 fully saturated rings. The molecule has 0 saturated heterocycles. The van der Waals surface area contributed by atoms with E-state index < -0.39 is 102 Å². The molecule has 0 spiro atoms. The van der Waals surface area contributed by atoms with Crippen molar-refractivity contribution in [3.05, 3.63) is 24.3 Å². The van der Waals surface area contributed by atoms with Crippen molar-refractivity contribution in [2.45, 2.75) is 425 Å². The third-order valence-electron chi connectivity index (χ3n) is 19.6. The Kier molecular flexibility index (Phi) is 76.0. The van der Waals surface area contributed by atoms with Gasteiger partial charge in [-0.1, -0.05) is 258 Å². The number of aliphatic hydroxyl groups is 2. The van der Waals surface area contributed by atoms with Gasteiger partial charge in [-0.15, -0.1) is 0 Å². The van der Waals surface area contributed by atoms with Gasteiger partial charge in [0.1, 0.15) is 12.2 Å². The maximum atomic E-state index is 13.8. The van der Waals surface area contributed by atoms with Crippen LogP contribution in [0.4, 0.5) is 0 Å². The first-order valence-corrected chi connectivity index (χ1v) is 47.8. The van der Waals surface area contributed by atoms with E-state index in [1.54, 1.807) is 0 Å². The van der Waals surface area contributed by atoms with Crippen LogP contribution in [0.1, 0.15) is 388 Å². The van der Waals surface area contributed by atoms with Crippen LogP contribution < -0.4 is 21.3 Å². The summed E-state index contributed by atoms with van der Waals surface area (Å²) in [6, 6.07) is -1.84. The highest BCUT2D eigenvalue weighted by atomic mass is 31.2. The summed E-state index contributed by atoms with van der Waals surface area (Å²) in [4.78, 5) is 101. The minimum Gasteiger partial charge on any atom is -0.462 e. The van der Waals surface area contributed by atoms with E-state index in [2.05, 4.69) is 87.1 Å². The van der Waals surface area contributed by atoms with Crippen LogP contribution >= 0.6 is 15.6 Å². The summed E-state index contributed by atoms with van der Waals surface area (Å²) in [5.41, 5.74) is 0. The Morgan fingerprint density at radius 2 is 0.616 bits per heavy atom. The molecule has 0 aliphatic rings. The van der Waals surface area contributed by atoms with E-state index in [1.807, 2.05) is 0 Å². The van der Waals surface area contributed by atoms with Gasteiger partial charge in [-0.2, -0.15) is 0 Å².